The van der Waals surface area contributed by atoms with Crippen LogP contribution in [0.2, 0.25) is 0 Å². The molecule has 2 saturated carbocycles. The van der Waals surface area contributed by atoms with E-state index in [0.29, 0.717) is 41.3 Å². The second-order valence-corrected chi connectivity index (χ2v) is 17.0. The van der Waals surface area contributed by atoms with Crippen LogP contribution in [0.4, 0.5) is 0 Å². The van der Waals surface area contributed by atoms with Gasteiger partial charge in [0, 0.05) is 36.4 Å². The van der Waals surface area contributed by atoms with Crippen LogP contribution in [0.3, 0.4) is 0 Å². The first-order valence-electron chi connectivity index (χ1n) is 17.2. The number of quaternary nitrogens is 1. The van der Waals surface area contributed by atoms with Gasteiger partial charge in [0.2, 0.25) is 0 Å². The van der Waals surface area contributed by atoms with E-state index in [0.717, 1.165) is 68.7 Å². The van der Waals surface area contributed by atoms with Crippen molar-refractivity contribution in [2.45, 2.75) is 127 Å². The molecule has 0 radical (unpaired) electrons. The second kappa shape index (κ2) is 15.8. The molecular weight excluding hydrogens is 565 g/mol. The zero-order chi connectivity index (χ0) is 29.6. The number of rotatable bonds is 4. The van der Waals surface area contributed by atoms with E-state index in [4.69, 9.17) is 10.5 Å². The molecule has 2 heterocycles. The highest BCUT2D eigenvalue weighted by atomic mass is 33.1. The van der Waals surface area contributed by atoms with E-state index < -0.39 is 6.10 Å². The number of methoxy groups -OCH3 is 1. The molecule has 0 amide bonds. The third kappa shape index (κ3) is 8.25. The Bertz CT molecular complexity index is 941. The Morgan fingerprint density at radius 3 is 2.57 bits per heavy atom. The molecular formula is C34H57N2O4S2+. The summed E-state index contributed by atoms with van der Waals surface area (Å²) in [6.45, 7) is 3.27. The van der Waals surface area contributed by atoms with Gasteiger partial charge in [-0.2, -0.15) is 0 Å². The number of fused-ring (bicyclic) bond motifs is 8. The average molecular weight is 622 g/mol. The number of carbonyl (C=O) groups excluding carboxylic acids is 2. The molecule has 2 saturated heterocycles. The van der Waals surface area contributed by atoms with E-state index in [-0.39, 0.29) is 36.2 Å². The zero-order valence-electron chi connectivity index (χ0n) is 26.1. The Balaban J connectivity index is 1.44. The summed E-state index contributed by atoms with van der Waals surface area (Å²) < 4.78 is 5.71. The molecule has 6 nitrogen and oxygen atoms in total. The van der Waals surface area contributed by atoms with Crippen LogP contribution in [0.1, 0.15) is 103 Å². The van der Waals surface area contributed by atoms with E-state index in [9.17, 15) is 14.7 Å². The maximum absolute atomic E-state index is 13.5. The fraction of sp³-hybridized carbons (Fsp3) is 0.882. The molecule has 10 atom stereocenters. The number of aliphatic hydroxyl groups is 1. The van der Waals surface area contributed by atoms with Gasteiger partial charge in [-0.15, -0.1) is 0 Å². The molecule has 8 heteroatoms. The van der Waals surface area contributed by atoms with Crippen molar-refractivity contribution in [3.63, 3.8) is 0 Å². The fourth-order valence-electron chi connectivity index (χ4n) is 9.11. The molecule has 0 aromatic rings. The molecule has 3 aliphatic carbocycles. The van der Waals surface area contributed by atoms with Crippen molar-refractivity contribution in [3.05, 3.63) is 11.6 Å². The molecule has 0 aromatic heterocycles. The average Bonchev–Trinajstić information content (AvgIpc) is 3.17. The fourth-order valence-corrected chi connectivity index (χ4v) is 12.7. The van der Waals surface area contributed by atoms with Crippen molar-refractivity contribution in [3.8, 4) is 0 Å². The Labute approximate surface area is 262 Å². The van der Waals surface area contributed by atoms with Gasteiger partial charge in [-0.25, -0.2) is 0 Å². The molecule has 4 fully saturated rings. The van der Waals surface area contributed by atoms with Crippen molar-refractivity contribution < 1.29 is 24.7 Å². The maximum Gasteiger partial charge on any atom is 0.165 e. The van der Waals surface area contributed by atoms with E-state index in [1.165, 1.54) is 38.5 Å². The third-order valence-corrected chi connectivity index (χ3v) is 14.9. The normalized spacial score (nSPS) is 41.5. The van der Waals surface area contributed by atoms with Gasteiger partial charge in [0.25, 0.3) is 0 Å². The Kier molecular flexibility index (Phi) is 12.4. The van der Waals surface area contributed by atoms with Crippen molar-refractivity contribution in [1.82, 2.24) is 0 Å². The highest BCUT2D eigenvalue weighted by Crippen LogP contribution is 2.49. The van der Waals surface area contributed by atoms with Crippen LogP contribution in [0, 0.1) is 41.4 Å². The highest BCUT2D eigenvalue weighted by molar-refractivity contribution is 8.76. The van der Waals surface area contributed by atoms with Crippen LogP contribution >= 0.6 is 21.6 Å². The minimum absolute atomic E-state index is 0.0319. The SMILES string of the molecule is CCC1CCC(=O)CC(=O)C2=CC3CC(OC)C(O)CC3C(CC2)C2C[NH2+]C(N)C(C2)C(CC2CCCCC2)SSC1. The Hall–Kier alpha value is -0.380. The topological polar surface area (TPSA) is 106 Å². The van der Waals surface area contributed by atoms with E-state index in [2.05, 4.69) is 29.1 Å². The van der Waals surface area contributed by atoms with Crippen molar-refractivity contribution in [1.29, 1.82) is 0 Å². The number of hydrogen-bond donors (Lipinski definition) is 3. The predicted octanol–water partition coefficient (Wildman–Crippen LogP) is 5.28. The van der Waals surface area contributed by atoms with E-state index >= 15 is 0 Å². The molecule has 2 aliphatic heterocycles. The van der Waals surface area contributed by atoms with Gasteiger partial charge in [-0.05, 0) is 80.1 Å². The molecule has 5 N–H and O–H groups in total. The van der Waals surface area contributed by atoms with Gasteiger partial charge < -0.3 is 15.2 Å². The molecule has 238 valence electrons. The quantitative estimate of drug-likeness (QED) is 0.290. The van der Waals surface area contributed by atoms with Crippen LogP contribution < -0.4 is 11.1 Å². The van der Waals surface area contributed by atoms with Crippen LogP contribution in [-0.4, -0.2) is 59.7 Å². The number of hydrogen-bond acceptors (Lipinski definition) is 7. The highest BCUT2D eigenvalue weighted by Gasteiger charge is 2.47. The molecule has 42 heavy (non-hydrogen) atoms. The summed E-state index contributed by atoms with van der Waals surface area (Å²) in [5.74, 6) is 4.50. The molecule has 0 aromatic carbocycles. The van der Waals surface area contributed by atoms with Crippen LogP contribution in [0.5, 0.6) is 0 Å². The largest absolute Gasteiger partial charge is 0.390 e. The summed E-state index contributed by atoms with van der Waals surface area (Å²) in [7, 11) is 5.82. The first-order valence-corrected chi connectivity index (χ1v) is 19.6. The monoisotopic (exact) mass is 621 g/mol. The van der Waals surface area contributed by atoms with Crippen LogP contribution in [0.25, 0.3) is 0 Å². The summed E-state index contributed by atoms with van der Waals surface area (Å²) >= 11 is 0. The Morgan fingerprint density at radius 2 is 1.81 bits per heavy atom. The number of allylic oxidation sites excluding steroid dienone is 2. The summed E-state index contributed by atoms with van der Waals surface area (Å²) in [6, 6.07) is 0. The van der Waals surface area contributed by atoms with Crippen LogP contribution in [0.15, 0.2) is 11.6 Å². The van der Waals surface area contributed by atoms with Gasteiger partial charge in [0.15, 0.2) is 5.78 Å². The lowest BCUT2D eigenvalue weighted by Crippen LogP contribution is -2.98. The van der Waals surface area contributed by atoms with E-state index in [1.54, 1.807) is 7.11 Å². The maximum atomic E-state index is 13.5. The summed E-state index contributed by atoms with van der Waals surface area (Å²) in [5, 5.41) is 14.0. The number of ketones is 2. The standard InChI is InChI=1S/C34H56N2O4S2/c1-3-21-9-11-26(37)17-30(38)23-10-12-27(28-18-31(39)32(40-2)16-24(28)14-23)25-15-29(34(35)36-19-25)33(42-41-20-21)13-22-7-5-4-6-8-22/h14,21-22,24-25,27-29,31-34,36,39H,3-13,15-20,35H2,1-2H3/p+1. The van der Waals surface area contributed by atoms with Crippen molar-refractivity contribution in [2.24, 2.45) is 47.2 Å². The minimum Gasteiger partial charge on any atom is -0.390 e. The number of nitrogens with two attached hydrogens (primary N) is 2. The molecule has 10 unspecified atom stereocenters. The molecule has 5 rings (SSSR count). The van der Waals surface area contributed by atoms with Crippen molar-refractivity contribution in [2.75, 3.05) is 19.4 Å². The molecule has 5 aliphatic rings. The predicted molar refractivity (Wildman–Crippen MR) is 173 cm³/mol. The smallest absolute Gasteiger partial charge is 0.165 e. The van der Waals surface area contributed by atoms with Gasteiger partial charge in [0.05, 0.1) is 25.2 Å². The van der Waals surface area contributed by atoms with Gasteiger partial charge in [0.1, 0.15) is 11.9 Å². The lowest BCUT2D eigenvalue weighted by molar-refractivity contribution is -0.711. The van der Waals surface area contributed by atoms with Crippen LogP contribution in [-0.2, 0) is 14.3 Å². The van der Waals surface area contributed by atoms with Gasteiger partial charge in [-0.1, -0.05) is 73.1 Å². The lowest BCUT2D eigenvalue weighted by Gasteiger charge is -2.46. The summed E-state index contributed by atoms with van der Waals surface area (Å²) in [4.78, 5) is 26.5. The molecule has 4 bridgehead atoms. The summed E-state index contributed by atoms with van der Waals surface area (Å²) in [6.07, 6.45) is 16.7. The van der Waals surface area contributed by atoms with E-state index in [1.807, 2.05) is 10.8 Å². The molecule has 0 spiro atoms. The Morgan fingerprint density at radius 1 is 1.00 bits per heavy atom. The first kappa shape index (κ1) is 33.0. The number of Topliss-reactive ketones (excluding diaryl/α,β-unsaturated/α-hetero) is 2. The number of piperidine rings is 1. The summed E-state index contributed by atoms with van der Waals surface area (Å²) in [5.41, 5.74) is 7.82. The van der Waals surface area contributed by atoms with Gasteiger partial charge >= 0.3 is 0 Å². The zero-order valence-corrected chi connectivity index (χ0v) is 27.7. The number of ether oxygens (including phenoxy) is 1. The van der Waals surface area contributed by atoms with Crippen molar-refractivity contribution >= 4 is 33.2 Å². The second-order valence-electron chi connectivity index (χ2n) is 14.4. The van der Waals surface area contributed by atoms with Gasteiger partial charge in [-0.3, -0.25) is 15.3 Å². The lowest BCUT2D eigenvalue weighted by atomic mass is 9.64. The first-order chi connectivity index (χ1) is 20.4. The number of aliphatic hydroxyl groups excluding tert-OH is 1. The minimum atomic E-state index is -0.466. The third-order valence-electron chi connectivity index (χ3n) is 11.8. The number of carbonyl (C=O) groups is 2.